The summed E-state index contributed by atoms with van der Waals surface area (Å²) in [6, 6.07) is 29.6. The second kappa shape index (κ2) is 7.39. The molecule has 0 aliphatic carbocycles. The van der Waals surface area contributed by atoms with Crippen molar-refractivity contribution >= 4 is 32.7 Å². The van der Waals surface area contributed by atoms with Gasteiger partial charge in [0.1, 0.15) is 0 Å². The highest BCUT2D eigenvalue weighted by atomic mass is 15.1. The van der Waals surface area contributed by atoms with Gasteiger partial charge in [0.05, 0.1) is 34.6 Å². The Bertz CT molecular complexity index is 1780. The van der Waals surface area contributed by atoms with Crippen LogP contribution in [0.1, 0.15) is 0 Å². The lowest BCUT2D eigenvalue weighted by Gasteiger charge is -2.11. The first-order chi connectivity index (χ1) is 16.9. The Morgan fingerprint density at radius 3 is 2.24 bits per heavy atom. The Morgan fingerprint density at radius 1 is 0.588 bits per heavy atom. The Kier molecular flexibility index (Phi) is 4.08. The third-order valence-corrected chi connectivity index (χ3v) is 6.34. The van der Waals surface area contributed by atoms with Gasteiger partial charge < -0.3 is 9.13 Å². The van der Waals surface area contributed by atoms with E-state index in [0.717, 1.165) is 22.5 Å². The third-order valence-electron chi connectivity index (χ3n) is 6.34. The molecule has 0 fully saturated rings. The highest BCUT2D eigenvalue weighted by Gasteiger charge is 2.17. The molecule has 0 atom stereocenters. The van der Waals surface area contributed by atoms with E-state index in [-0.39, 0.29) is 0 Å². The van der Waals surface area contributed by atoms with Crippen molar-refractivity contribution in [3.63, 3.8) is 0 Å². The molecule has 160 valence electrons. The highest BCUT2D eigenvalue weighted by molar-refractivity contribution is 6.18. The fourth-order valence-electron chi connectivity index (χ4n) is 4.82. The van der Waals surface area contributed by atoms with Crippen LogP contribution in [-0.2, 0) is 0 Å². The zero-order valence-electron chi connectivity index (χ0n) is 18.2. The Labute approximate surface area is 195 Å². The van der Waals surface area contributed by atoms with Crippen LogP contribution in [0.4, 0.5) is 0 Å². The smallest absolute Gasteiger partial charge is 0.160 e. The van der Waals surface area contributed by atoms with Gasteiger partial charge in [-0.05, 0) is 36.4 Å². The van der Waals surface area contributed by atoms with E-state index in [1.54, 1.807) is 12.4 Å². The minimum Gasteiger partial charge on any atom is -0.312 e. The van der Waals surface area contributed by atoms with E-state index in [0.29, 0.717) is 5.82 Å². The van der Waals surface area contributed by atoms with Crippen LogP contribution in [-0.4, -0.2) is 24.1 Å². The van der Waals surface area contributed by atoms with E-state index in [4.69, 9.17) is 0 Å². The number of hydrogen-bond acceptors (Lipinski definition) is 3. The van der Waals surface area contributed by atoms with E-state index >= 15 is 0 Å². The number of benzene rings is 3. The van der Waals surface area contributed by atoms with E-state index in [1.165, 1.54) is 27.2 Å². The van der Waals surface area contributed by atoms with Crippen LogP contribution in [0.5, 0.6) is 0 Å². The van der Waals surface area contributed by atoms with Gasteiger partial charge in [0, 0.05) is 46.0 Å². The van der Waals surface area contributed by atoms with Crippen molar-refractivity contribution in [2.75, 3.05) is 0 Å². The van der Waals surface area contributed by atoms with Crippen molar-refractivity contribution in [3.05, 3.63) is 116 Å². The largest absolute Gasteiger partial charge is 0.312 e. The molecule has 0 aliphatic heterocycles. The predicted molar refractivity (Wildman–Crippen MR) is 136 cm³/mol. The molecule has 0 spiro atoms. The van der Waals surface area contributed by atoms with Gasteiger partial charge in [0.2, 0.25) is 0 Å². The van der Waals surface area contributed by atoms with Crippen molar-refractivity contribution in [2.24, 2.45) is 0 Å². The van der Waals surface area contributed by atoms with Crippen molar-refractivity contribution in [1.29, 1.82) is 0 Å². The number of pyridine rings is 1. The first-order valence-electron chi connectivity index (χ1n) is 11.2. The summed E-state index contributed by atoms with van der Waals surface area (Å²) in [4.78, 5) is 13.5. The normalized spacial score (nSPS) is 11.5. The summed E-state index contributed by atoms with van der Waals surface area (Å²) in [5, 5.41) is 3.63. The molecular weight excluding hydrogens is 418 g/mol. The summed E-state index contributed by atoms with van der Waals surface area (Å²) in [7, 11) is 0. The SMILES string of the molecule is c1ccc(-n2c3ccccc3c3ccc4ccn(-c5cnc(-c6cccnc6)nc5)c4c32)cc1. The number of para-hydroxylation sites is 2. The average molecular weight is 438 g/mol. The maximum Gasteiger partial charge on any atom is 0.160 e. The Hall–Kier alpha value is -4.77. The average Bonchev–Trinajstić information content (AvgIpc) is 3.49. The van der Waals surface area contributed by atoms with Gasteiger partial charge in [-0.3, -0.25) is 4.98 Å². The van der Waals surface area contributed by atoms with Gasteiger partial charge in [0.25, 0.3) is 0 Å². The highest BCUT2D eigenvalue weighted by Crippen LogP contribution is 2.37. The lowest BCUT2D eigenvalue weighted by Crippen LogP contribution is -1.99. The fourth-order valence-corrected chi connectivity index (χ4v) is 4.82. The molecule has 0 aliphatic rings. The lowest BCUT2D eigenvalue weighted by atomic mass is 10.1. The molecule has 0 saturated carbocycles. The zero-order chi connectivity index (χ0) is 22.5. The van der Waals surface area contributed by atoms with Crippen LogP contribution >= 0.6 is 0 Å². The van der Waals surface area contributed by atoms with Crippen LogP contribution < -0.4 is 0 Å². The van der Waals surface area contributed by atoms with Gasteiger partial charge in [-0.15, -0.1) is 0 Å². The van der Waals surface area contributed by atoms with Crippen molar-refractivity contribution in [3.8, 4) is 22.8 Å². The molecule has 0 bridgehead atoms. The fraction of sp³-hybridized carbons (Fsp3) is 0. The number of rotatable bonds is 3. The maximum atomic E-state index is 4.64. The molecular formula is C29H19N5. The quantitative estimate of drug-likeness (QED) is 0.314. The monoisotopic (exact) mass is 437 g/mol. The summed E-state index contributed by atoms with van der Waals surface area (Å²) in [5.41, 5.74) is 6.45. The molecule has 4 aromatic heterocycles. The maximum absolute atomic E-state index is 4.64. The van der Waals surface area contributed by atoms with Crippen LogP contribution in [0.15, 0.2) is 116 Å². The molecule has 0 amide bonds. The molecule has 4 heterocycles. The van der Waals surface area contributed by atoms with Gasteiger partial charge in [-0.25, -0.2) is 9.97 Å². The van der Waals surface area contributed by atoms with Gasteiger partial charge in [-0.1, -0.05) is 48.5 Å². The molecule has 0 radical (unpaired) electrons. The molecule has 3 aromatic carbocycles. The van der Waals surface area contributed by atoms with E-state index in [1.807, 2.05) is 24.5 Å². The molecule has 5 nitrogen and oxygen atoms in total. The van der Waals surface area contributed by atoms with E-state index in [9.17, 15) is 0 Å². The molecule has 34 heavy (non-hydrogen) atoms. The van der Waals surface area contributed by atoms with Crippen molar-refractivity contribution in [1.82, 2.24) is 24.1 Å². The lowest BCUT2D eigenvalue weighted by molar-refractivity contribution is 1.05. The molecule has 0 N–H and O–H groups in total. The molecule has 7 aromatic rings. The number of aromatic nitrogens is 5. The number of nitrogens with zero attached hydrogens (tertiary/aromatic N) is 5. The Morgan fingerprint density at radius 2 is 1.41 bits per heavy atom. The summed E-state index contributed by atoms with van der Waals surface area (Å²) in [6.45, 7) is 0. The Balaban J connectivity index is 1.52. The predicted octanol–water partition coefficient (Wildman–Crippen LogP) is 6.58. The van der Waals surface area contributed by atoms with Crippen molar-refractivity contribution in [2.45, 2.75) is 0 Å². The number of hydrogen-bond donors (Lipinski definition) is 0. The summed E-state index contributed by atoms with van der Waals surface area (Å²) >= 11 is 0. The van der Waals surface area contributed by atoms with Gasteiger partial charge in [0.15, 0.2) is 5.82 Å². The summed E-state index contributed by atoms with van der Waals surface area (Å²) < 4.78 is 4.54. The third kappa shape index (κ3) is 2.77. The molecule has 0 saturated heterocycles. The summed E-state index contributed by atoms with van der Waals surface area (Å²) in [6.07, 6.45) is 9.38. The second-order valence-corrected chi connectivity index (χ2v) is 8.28. The van der Waals surface area contributed by atoms with Crippen LogP contribution in [0.3, 0.4) is 0 Å². The standard InChI is InChI=1S/C29H19N5/c1-2-8-22(9-3-1)34-26-11-5-4-10-24(26)25-13-12-20-14-16-33(27(20)28(25)34)23-18-31-29(32-19-23)21-7-6-15-30-17-21/h1-19H. The van der Waals surface area contributed by atoms with Gasteiger partial charge in [-0.2, -0.15) is 0 Å². The minimum atomic E-state index is 0.664. The van der Waals surface area contributed by atoms with Gasteiger partial charge >= 0.3 is 0 Å². The van der Waals surface area contributed by atoms with E-state index in [2.05, 4.69) is 103 Å². The number of fused-ring (bicyclic) bond motifs is 5. The van der Waals surface area contributed by atoms with Crippen LogP contribution in [0.2, 0.25) is 0 Å². The second-order valence-electron chi connectivity index (χ2n) is 8.28. The zero-order valence-corrected chi connectivity index (χ0v) is 18.2. The van der Waals surface area contributed by atoms with Crippen molar-refractivity contribution < 1.29 is 0 Å². The molecule has 5 heteroatoms. The van der Waals surface area contributed by atoms with E-state index < -0.39 is 0 Å². The molecule has 0 unspecified atom stereocenters. The van der Waals surface area contributed by atoms with Crippen LogP contribution in [0.25, 0.3) is 55.5 Å². The first-order valence-corrected chi connectivity index (χ1v) is 11.2. The van der Waals surface area contributed by atoms with Crippen LogP contribution in [0, 0.1) is 0 Å². The molecule has 7 rings (SSSR count). The topological polar surface area (TPSA) is 48.5 Å². The minimum absolute atomic E-state index is 0.664. The first kappa shape index (κ1) is 18.8. The summed E-state index contributed by atoms with van der Waals surface area (Å²) in [5.74, 6) is 0.664.